The smallest absolute Gasteiger partial charge is 0.226 e. The van der Waals surface area contributed by atoms with Gasteiger partial charge in [0.2, 0.25) is 5.91 Å². The summed E-state index contributed by atoms with van der Waals surface area (Å²) >= 11 is 0. The number of rotatable bonds is 6. The van der Waals surface area contributed by atoms with Crippen molar-refractivity contribution >= 4 is 5.91 Å². The zero-order chi connectivity index (χ0) is 16.7. The Morgan fingerprint density at radius 1 is 1.26 bits per heavy atom. The Labute approximate surface area is 135 Å². The van der Waals surface area contributed by atoms with E-state index in [2.05, 4.69) is 6.07 Å². The van der Waals surface area contributed by atoms with Gasteiger partial charge in [-0.25, -0.2) is 0 Å². The molecule has 0 heterocycles. The van der Waals surface area contributed by atoms with Crippen LogP contribution in [0.1, 0.15) is 11.1 Å². The molecule has 1 amide bonds. The molecule has 118 valence electrons. The number of carbonyl (C=O) groups is 1. The molecule has 0 atom stereocenters. The average molecular weight is 310 g/mol. The van der Waals surface area contributed by atoms with E-state index in [1.165, 1.54) is 0 Å². The first-order valence-corrected chi connectivity index (χ1v) is 7.23. The van der Waals surface area contributed by atoms with Crippen LogP contribution in [0.2, 0.25) is 0 Å². The average Bonchev–Trinajstić information content (AvgIpc) is 2.55. The Hall–Kier alpha value is -3.00. The summed E-state index contributed by atoms with van der Waals surface area (Å²) in [6.45, 7) is 0.783. The van der Waals surface area contributed by atoms with Crippen LogP contribution < -0.4 is 4.74 Å². The van der Waals surface area contributed by atoms with E-state index in [9.17, 15) is 9.90 Å². The Morgan fingerprint density at radius 3 is 2.78 bits per heavy atom. The number of benzene rings is 2. The second-order valence-electron chi connectivity index (χ2n) is 5.15. The van der Waals surface area contributed by atoms with Crippen LogP contribution in [0.5, 0.6) is 11.5 Å². The van der Waals surface area contributed by atoms with Crippen LogP contribution >= 0.6 is 0 Å². The number of likely N-dealkylation sites (N-methyl/N-ethyl adjacent to an activating group) is 1. The van der Waals surface area contributed by atoms with E-state index in [0.717, 1.165) is 5.56 Å². The zero-order valence-electron chi connectivity index (χ0n) is 12.9. The predicted octanol–water partition coefficient (Wildman–Crippen LogP) is 2.34. The normalized spacial score (nSPS) is 9.91. The zero-order valence-corrected chi connectivity index (χ0v) is 12.9. The molecule has 0 spiro atoms. The van der Waals surface area contributed by atoms with Crippen molar-refractivity contribution in [3.63, 3.8) is 0 Å². The number of ether oxygens (including phenoxy) is 1. The minimum absolute atomic E-state index is 0.0509. The van der Waals surface area contributed by atoms with Crippen molar-refractivity contribution in [2.75, 3.05) is 20.2 Å². The molecule has 0 aliphatic carbocycles. The van der Waals surface area contributed by atoms with Gasteiger partial charge in [-0.05, 0) is 35.9 Å². The first kappa shape index (κ1) is 16.4. The number of carbonyl (C=O) groups excluding carboxylic acids is 1. The highest BCUT2D eigenvalue weighted by atomic mass is 16.5. The SMILES string of the molecule is CN(CCOc1cccc(C#N)c1)C(=O)Cc1cccc(O)c1. The molecule has 23 heavy (non-hydrogen) atoms. The van der Waals surface area contributed by atoms with E-state index < -0.39 is 0 Å². The maximum Gasteiger partial charge on any atom is 0.226 e. The predicted molar refractivity (Wildman–Crippen MR) is 86.1 cm³/mol. The van der Waals surface area contributed by atoms with Crippen molar-refractivity contribution in [3.8, 4) is 17.6 Å². The molecule has 0 unspecified atom stereocenters. The van der Waals surface area contributed by atoms with Crippen LogP contribution in [0, 0.1) is 11.3 Å². The monoisotopic (exact) mass is 310 g/mol. The molecule has 5 nitrogen and oxygen atoms in total. The summed E-state index contributed by atoms with van der Waals surface area (Å²) in [7, 11) is 1.71. The highest BCUT2D eigenvalue weighted by Gasteiger charge is 2.10. The number of phenols is 1. The van der Waals surface area contributed by atoms with Gasteiger partial charge < -0.3 is 14.7 Å². The molecule has 0 saturated heterocycles. The standard InChI is InChI=1S/C18H18N2O3/c1-20(18(22)12-14-4-2-6-16(21)10-14)8-9-23-17-7-3-5-15(11-17)13-19/h2-7,10-11,21H,8-9,12H2,1H3. The maximum atomic E-state index is 12.1. The fourth-order valence-electron chi connectivity index (χ4n) is 2.06. The summed E-state index contributed by atoms with van der Waals surface area (Å²) in [6, 6.07) is 15.6. The van der Waals surface area contributed by atoms with Crippen LogP contribution in [0.25, 0.3) is 0 Å². The lowest BCUT2D eigenvalue weighted by Crippen LogP contribution is -2.32. The van der Waals surface area contributed by atoms with E-state index in [0.29, 0.717) is 24.5 Å². The van der Waals surface area contributed by atoms with Crippen LogP contribution in [0.15, 0.2) is 48.5 Å². The lowest BCUT2D eigenvalue weighted by Gasteiger charge is -2.17. The molecule has 0 aromatic heterocycles. The summed E-state index contributed by atoms with van der Waals surface area (Å²) in [4.78, 5) is 13.7. The van der Waals surface area contributed by atoms with E-state index in [1.54, 1.807) is 60.5 Å². The summed E-state index contributed by atoms with van der Waals surface area (Å²) < 4.78 is 5.55. The third kappa shape index (κ3) is 5.04. The third-order valence-electron chi connectivity index (χ3n) is 3.35. The molecular weight excluding hydrogens is 292 g/mol. The lowest BCUT2D eigenvalue weighted by molar-refractivity contribution is -0.129. The number of hydrogen-bond donors (Lipinski definition) is 1. The molecular formula is C18H18N2O3. The fraction of sp³-hybridized carbons (Fsp3) is 0.222. The van der Waals surface area contributed by atoms with Gasteiger partial charge in [0.15, 0.2) is 0 Å². The molecule has 2 aromatic rings. The van der Waals surface area contributed by atoms with Crippen molar-refractivity contribution < 1.29 is 14.6 Å². The van der Waals surface area contributed by atoms with Crippen molar-refractivity contribution in [2.45, 2.75) is 6.42 Å². The number of phenolic OH excluding ortho intramolecular Hbond substituents is 1. The Kier molecular flexibility index (Phi) is 5.59. The second-order valence-corrected chi connectivity index (χ2v) is 5.15. The summed E-state index contributed by atoms with van der Waals surface area (Å²) in [5.74, 6) is 0.710. The van der Waals surface area contributed by atoms with E-state index in [1.807, 2.05) is 0 Å². The number of nitriles is 1. The topological polar surface area (TPSA) is 73.6 Å². The third-order valence-corrected chi connectivity index (χ3v) is 3.35. The van der Waals surface area contributed by atoms with Crippen LogP contribution in [0.3, 0.4) is 0 Å². The quantitative estimate of drug-likeness (QED) is 0.889. The lowest BCUT2D eigenvalue weighted by atomic mass is 10.1. The first-order chi connectivity index (χ1) is 11.1. The van der Waals surface area contributed by atoms with Crippen molar-refractivity contribution in [1.29, 1.82) is 5.26 Å². The van der Waals surface area contributed by atoms with Crippen molar-refractivity contribution in [2.24, 2.45) is 0 Å². The minimum atomic E-state index is -0.0509. The van der Waals surface area contributed by atoms with E-state index in [4.69, 9.17) is 10.00 Å². The van der Waals surface area contributed by atoms with E-state index >= 15 is 0 Å². The maximum absolute atomic E-state index is 12.1. The molecule has 0 radical (unpaired) electrons. The van der Waals surface area contributed by atoms with Crippen molar-refractivity contribution in [3.05, 3.63) is 59.7 Å². The van der Waals surface area contributed by atoms with Gasteiger partial charge in [-0.15, -0.1) is 0 Å². The molecule has 2 aromatic carbocycles. The minimum Gasteiger partial charge on any atom is -0.508 e. The van der Waals surface area contributed by atoms with Gasteiger partial charge in [0.25, 0.3) is 0 Å². The Morgan fingerprint density at radius 2 is 2.04 bits per heavy atom. The van der Waals surface area contributed by atoms with Gasteiger partial charge in [0.05, 0.1) is 24.6 Å². The number of hydrogen-bond acceptors (Lipinski definition) is 4. The number of aromatic hydroxyl groups is 1. The van der Waals surface area contributed by atoms with Crippen molar-refractivity contribution in [1.82, 2.24) is 4.90 Å². The highest BCUT2D eigenvalue weighted by molar-refractivity contribution is 5.78. The largest absolute Gasteiger partial charge is 0.508 e. The van der Waals surface area contributed by atoms with Gasteiger partial charge in [-0.2, -0.15) is 5.26 Å². The van der Waals surface area contributed by atoms with E-state index in [-0.39, 0.29) is 18.1 Å². The number of amides is 1. The summed E-state index contributed by atoms with van der Waals surface area (Å²) in [6.07, 6.45) is 0.231. The first-order valence-electron chi connectivity index (χ1n) is 7.23. The summed E-state index contributed by atoms with van der Waals surface area (Å²) in [5, 5.41) is 18.2. The number of nitrogens with zero attached hydrogens (tertiary/aromatic N) is 2. The molecule has 5 heteroatoms. The Balaban J connectivity index is 1.81. The van der Waals surface area contributed by atoms with Gasteiger partial charge in [0.1, 0.15) is 18.1 Å². The van der Waals surface area contributed by atoms with Crippen LogP contribution in [0.4, 0.5) is 0 Å². The summed E-state index contributed by atoms with van der Waals surface area (Å²) in [5.41, 5.74) is 1.31. The molecule has 1 N–H and O–H groups in total. The van der Waals surface area contributed by atoms with Crippen LogP contribution in [-0.4, -0.2) is 36.1 Å². The van der Waals surface area contributed by atoms with Gasteiger partial charge in [-0.3, -0.25) is 4.79 Å². The molecule has 0 aliphatic heterocycles. The fourth-order valence-corrected chi connectivity index (χ4v) is 2.06. The molecule has 2 rings (SSSR count). The molecule has 0 saturated carbocycles. The Bertz CT molecular complexity index is 722. The highest BCUT2D eigenvalue weighted by Crippen LogP contribution is 2.13. The van der Waals surface area contributed by atoms with Gasteiger partial charge in [0, 0.05) is 7.05 Å². The van der Waals surface area contributed by atoms with Gasteiger partial charge >= 0.3 is 0 Å². The molecule has 0 aliphatic rings. The molecule has 0 fully saturated rings. The second kappa shape index (κ2) is 7.85. The van der Waals surface area contributed by atoms with Gasteiger partial charge in [-0.1, -0.05) is 18.2 Å². The molecule has 0 bridgehead atoms. The van der Waals surface area contributed by atoms with Crippen LogP contribution in [-0.2, 0) is 11.2 Å².